The molecule has 0 radical (unpaired) electrons. The second-order valence-corrected chi connectivity index (χ2v) is 5.98. The van der Waals surface area contributed by atoms with Crippen LogP contribution < -0.4 is 11.0 Å². The van der Waals surface area contributed by atoms with Crippen LogP contribution in [0.2, 0.25) is 0 Å². The standard InChI is InChI=1S/C18H23N3O3/c1-24-12-11-19-17(22)13-20-15-9-5-6-10-16(15)21(18(20)23)14-7-3-2-4-8-14/h5-7,9-10H,2-4,8,11-13H2,1H3,(H,19,22). The highest BCUT2D eigenvalue weighted by atomic mass is 16.5. The van der Waals surface area contributed by atoms with Crippen molar-refractivity contribution in [1.82, 2.24) is 14.5 Å². The molecule has 24 heavy (non-hydrogen) atoms. The number of carbonyl (C=O) groups excluding carboxylic acids is 1. The Morgan fingerprint density at radius 2 is 2.04 bits per heavy atom. The molecule has 1 aromatic carbocycles. The fraction of sp³-hybridized carbons (Fsp3) is 0.444. The molecule has 6 nitrogen and oxygen atoms in total. The molecule has 3 rings (SSSR count). The van der Waals surface area contributed by atoms with Crippen LogP contribution in [0.15, 0.2) is 35.1 Å². The van der Waals surface area contributed by atoms with Crippen molar-refractivity contribution < 1.29 is 9.53 Å². The number of nitrogens with one attached hydrogen (secondary N) is 1. The van der Waals surface area contributed by atoms with E-state index in [1.807, 2.05) is 24.3 Å². The highest BCUT2D eigenvalue weighted by molar-refractivity contribution is 5.83. The Hall–Kier alpha value is -2.34. The quantitative estimate of drug-likeness (QED) is 0.824. The van der Waals surface area contributed by atoms with E-state index < -0.39 is 0 Å². The monoisotopic (exact) mass is 329 g/mol. The molecule has 128 valence electrons. The molecule has 0 unspecified atom stereocenters. The van der Waals surface area contributed by atoms with Gasteiger partial charge in [0.2, 0.25) is 5.91 Å². The summed E-state index contributed by atoms with van der Waals surface area (Å²) >= 11 is 0. The second kappa shape index (κ2) is 7.49. The van der Waals surface area contributed by atoms with E-state index in [0.29, 0.717) is 13.2 Å². The van der Waals surface area contributed by atoms with E-state index in [1.54, 1.807) is 16.2 Å². The summed E-state index contributed by atoms with van der Waals surface area (Å²) in [7, 11) is 1.59. The van der Waals surface area contributed by atoms with Gasteiger partial charge in [-0.3, -0.25) is 13.9 Å². The first-order valence-corrected chi connectivity index (χ1v) is 8.37. The number of rotatable bonds is 6. The minimum Gasteiger partial charge on any atom is -0.383 e. The zero-order chi connectivity index (χ0) is 16.9. The van der Waals surface area contributed by atoms with Crippen LogP contribution in [0.25, 0.3) is 16.7 Å². The topological polar surface area (TPSA) is 65.3 Å². The van der Waals surface area contributed by atoms with Crippen LogP contribution in [0.5, 0.6) is 0 Å². The number of aromatic nitrogens is 2. The molecule has 0 aliphatic heterocycles. The molecule has 1 aliphatic rings. The fourth-order valence-electron chi connectivity index (χ4n) is 3.15. The first kappa shape index (κ1) is 16.5. The van der Waals surface area contributed by atoms with Gasteiger partial charge in [0.15, 0.2) is 0 Å². The molecule has 0 fully saturated rings. The number of hydrogen-bond donors (Lipinski definition) is 1. The van der Waals surface area contributed by atoms with Crippen molar-refractivity contribution in [2.45, 2.75) is 32.2 Å². The zero-order valence-corrected chi connectivity index (χ0v) is 14.0. The van der Waals surface area contributed by atoms with Gasteiger partial charge in [-0.1, -0.05) is 18.2 Å². The molecule has 1 heterocycles. The Kier molecular flexibility index (Phi) is 5.15. The summed E-state index contributed by atoms with van der Waals surface area (Å²) in [6.07, 6.45) is 6.29. The van der Waals surface area contributed by atoms with Crippen molar-refractivity contribution in [1.29, 1.82) is 0 Å². The van der Waals surface area contributed by atoms with E-state index in [1.165, 1.54) is 6.42 Å². The van der Waals surface area contributed by atoms with Gasteiger partial charge in [0.05, 0.1) is 17.6 Å². The van der Waals surface area contributed by atoms with Gasteiger partial charge >= 0.3 is 5.69 Å². The number of amides is 1. The maximum atomic E-state index is 12.9. The van der Waals surface area contributed by atoms with Crippen molar-refractivity contribution >= 4 is 22.6 Å². The van der Waals surface area contributed by atoms with Crippen LogP contribution in [-0.2, 0) is 16.1 Å². The summed E-state index contributed by atoms with van der Waals surface area (Å²) in [5, 5.41) is 2.77. The summed E-state index contributed by atoms with van der Waals surface area (Å²) in [6.45, 7) is 0.909. The lowest BCUT2D eigenvalue weighted by Gasteiger charge is -2.13. The lowest BCUT2D eigenvalue weighted by atomic mass is 10.0. The smallest absolute Gasteiger partial charge is 0.333 e. The van der Waals surface area contributed by atoms with Gasteiger partial charge in [0.1, 0.15) is 6.54 Å². The number of carbonyl (C=O) groups is 1. The lowest BCUT2D eigenvalue weighted by Crippen LogP contribution is -2.34. The Morgan fingerprint density at radius 1 is 1.25 bits per heavy atom. The molecule has 6 heteroatoms. The summed E-state index contributed by atoms with van der Waals surface area (Å²) in [4.78, 5) is 25.1. The summed E-state index contributed by atoms with van der Waals surface area (Å²) in [6, 6.07) is 7.63. The normalized spacial score (nSPS) is 14.6. The molecule has 1 aromatic heterocycles. The molecule has 1 aliphatic carbocycles. The average Bonchev–Trinajstić information content (AvgIpc) is 2.88. The van der Waals surface area contributed by atoms with Crippen LogP contribution in [-0.4, -0.2) is 35.3 Å². The predicted molar refractivity (Wildman–Crippen MR) is 93.8 cm³/mol. The Bertz CT molecular complexity index is 817. The molecule has 1 N–H and O–H groups in total. The van der Waals surface area contributed by atoms with Gasteiger partial charge in [-0.25, -0.2) is 4.79 Å². The van der Waals surface area contributed by atoms with Gasteiger partial charge in [0, 0.05) is 19.4 Å². The number of methoxy groups -OCH3 is 1. The van der Waals surface area contributed by atoms with Gasteiger partial charge in [0.25, 0.3) is 0 Å². The summed E-state index contributed by atoms with van der Waals surface area (Å²) in [5.41, 5.74) is 2.54. The van der Waals surface area contributed by atoms with Crippen molar-refractivity contribution in [2.75, 3.05) is 20.3 Å². The number of ether oxygens (including phenoxy) is 1. The third kappa shape index (κ3) is 3.28. The maximum Gasteiger partial charge on any atom is 0.333 e. The molecular weight excluding hydrogens is 306 g/mol. The fourth-order valence-corrected chi connectivity index (χ4v) is 3.15. The first-order chi connectivity index (χ1) is 11.7. The van der Waals surface area contributed by atoms with Crippen molar-refractivity contribution in [2.24, 2.45) is 0 Å². The second-order valence-electron chi connectivity index (χ2n) is 5.98. The minimum absolute atomic E-state index is 0.0172. The largest absolute Gasteiger partial charge is 0.383 e. The van der Waals surface area contributed by atoms with Crippen LogP contribution in [0, 0.1) is 0 Å². The molecule has 0 spiro atoms. The number of allylic oxidation sites excluding steroid dienone is 2. The highest BCUT2D eigenvalue weighted by Crippen LogP contribution is 2.24. The van der Waals surface area contributed by atoms with Gasteiger partial charge in [-0.2, -0.15) is 0 Å². The molecule has 2 aromatic rings. The lowest BCUT2D eigenvalue weighted by molar-refractivity contribution is -0.121. The number of nitrogens with zero attached hydrogens (tertiary/aromatic N) is 2. The number of para-hydroxylation sites is 2. The molecule has 0 atom stereocenters. The number of hydrogen-bond acceptors (Lipinski definition) is 3. The third-order valence-electron chi connectivity index (χ3n) is 4.32. The number of imidazole rings is 1. The van der Waals surface area contributed by atoms with Crippen LogP contribution >= 0.6 is 0 Å². The van der Waals surface area contributed by atoms with E-state index in [0.717, 1.165) is 36.0 Å². The zero-order valence-electron chi connectivity index (χ0n) is 14.0. The van der Waals surface area contributed by atoms with Crippen molar-refractivity contribution in [3.05, 3.63) is 40.8 Å². The Balaban J connectivity index is 1.96. The average molecular weight is 329 g/mol. The van der Waals surface area contributed by atoms with Gasteiger partial charge in [-0.15, -0.1) is 0 Å². The number of fused-ring (bicyclic) bond motifs is 1. The predicted octanol–water partition coefficient (Wildman–Crippen LogP) is 1.98. The SMILES string of the molecule is COCCNC(=O)Cn1c(=O)n(C2=CCCCC2)c2ccccc21. The van der Waals surface area contributed by atoms with E-state index >= 15 is 0 Å². The molecular formula is C18H23N3O3. The number of benzene rings is 1. The molecule has 1 amide bonds. The molecule has 0 saturated heterocycles. The summed E-state index contributed by atoms with van der Waals surface area (Å²) in [5.74, 6) is -0.185. The Morgan fingerprint density at radius 3 is 2.75 bits per heavy atom. The molecule has 0 bridgehead atoms. The van der Waals surface area contributed by atoms with Crippen molar-refractivity contribution in [3.8, 4) is 0 Å². The van der Waals surface area contributed by atoms with Crippen LogP contribution in [0.3, 0.4) is 0 Å². The first-order valence-electron chi connectivity index (χ1n) is 8.37. The molecule has 0 saturated carbocycles. The third-order valence-corrected chi connectivity index (χ3v) is 4.32. The minimum atomic E-state index is -0.185. The van der Waals surface area contributed by atoms with E-state index in [2.05, 4.69) is 11.4 Å². The Labute approximate surface area is 140 Å². The van der Waals surface area contributed by atoms with Crippen LogP contribution in [0.4, 0.5) is 0 Å². The van der Waals surface area contributed by atoms with Crippen LogP contribution in [0.1, 0.15) is 25.7 Å². The van der Waals surface area contributed by atoms with E-state index in [-0.39, 0.29) is 18.1 Å². The van der Waals surface area contributed by atoms with Gasteiger partial charge < -0.3 is 10.1 Å². The van der Waals surface area contributed by atoms with Gasteiger partial charge in [-0.05, 0) is 37.8 Å². The summed E-state index contributed by atoms with van der Waals surface area (Å²) < 4.78 is 8.23. The van der Waals surface area contributed by atoms with E-state index in [4.69, 9.17) is 4.74 Å². The maximum absolute atomic E-state index is 12.9. The van der Waals surface area contributed by atoms with Crippen molar-refractivity contribution in [3.63, 3.8) is 0 Å². The highest BCUT2D eigenvalue weighted by Gasteiger charge is 2.18. The van der Waals surface area contributed by atoms with E-state index in [9.17, 15) is 9.59 Å².